The molecular formula is C18H18FNO. The van der Waals surface area contributed by atoms with E-state index in [9.17, 15) is 9.18 Å². The summed E-state index contributed by atoms with van der Waals surface area (Å²) >= 11 is 0. The molecule has 0 spiro atoms. The molecule has 1 aliphatic rings. The first-order valence-electron chi connectivity index (χ1n) is 7.21. The number of aryl methyl sites for hydroxylation is 1. The predicted octanol–water partition coefficient (Wildman–Crippen LogP) is 2.96. The highest BCUT2D eigenvalue weighted by molar-refractivity contribution is 5.87. The van der Waals surface area contributed by atoms with Crippen LogP contribution in [0.1, 0.15) is 22.3 Å². The Bertz CT molecular complexity index is 681. The van der Waals surface area contributed by atoms with Crippen LogP contribution in [0.2, 0.25) is 0 Å². The Morgan fingerprint density at radius 3 is 2.76 bits per heavy atom. The first-order chi connectivity index (χ1) is 10.1. The summed E-state index contributed by atoms with van der Waals surface area (Å²) in [6.45, 7) is 2.57. The Kier molecular flexibility index (Phi) is 3.84. The predicted molar refractivity (Wildman–Crippen MR) is 80.6 cm³/mol. The molecule has 0 fully saturated rings. The number of Topliss-reactive ketones (excluding diaryl/α,β-unsaturated/α-hetero) is 1. The van der Waals surface area contributed by atoms with E-state index in [-0.39, 0.29) is 17.6 Å². The van der Waals surface area contributed by atoms with Crippen LogP contribution in [-0.4, -0.2) is 11.8 Å². The fourth-order valence-electron chi connectivity index (χ4n) is 2.85. The van der Waals surface area contributed by atoms with Crippen LogP contribution in [0.4, 0.5) is 4.39 Å². The molecular weight excluding hydrogens is 265 g/mol. The van der Waals surface area contributed by atoms with E-state index < -0.39 is 0 Å². The Morgan fingerprint density at radius 2 is 2.00 bits per heavy atom. The van der Waals surface area contributed by atoms with Crippen LogP contribution in [0.5, 0.6) is 0 Å². The van der Waals surface area contributed by atoms with Gasteiger partial charge in [0.15, 0.2) is 5.78 Å². The van der Waals surface area contributed by atoms with E-state index in [0.29, 0.717) is 6.42 Å². The number of benzene rings is 2. The van der Waals surface area contributed by atoms with Crippen molar-refractivity contribution in [3.63, 3.8) is 0 Å². The Hall–Kier alpha value is -2.00. The molecule has 0 saturated carbocycles. The maximum Gasteiger partial charge on any atom is 0.154 e. The molecule has 0 radical (unpaired) electrons. The number of halogens is 1. The largest absolute Gasteiger partial charge is 0.303 e. The highest BCUT2D eigenvalue weighted by atomic mass is 19.1. The average molecular weight is 283 g/mol. The number of hydrogen-bond donors (Lipinski definition) is 1. The molecule has 0 saturated heterocycles. The van der Waals surface area contributed by atoms with E-state index >= 15 is 0 Å². The highest BCUT2D eigenvalue weighted by Crippen LogP contribution is 2.18. The van der Waals surface area contributed by atoms with Crippen LogP contribution in [0.15, 0.2) is 42.5 Å². The minimum atomic E-state index is -0.256. The van der Waals surface area contributed by atoms with Crippen LogP contribution >= 0.6 is 0 Å². The fourth-order valence-corrected chi connectivity index (χ4v) is 2.85. The standard InChI is InChI=1S/C18H18FNO/c1-12-8-16(19)7-6-13(12)10-18(21)17-9-14-4-2-3-5-15(14)11-20-17/h2-8,17,20H,9-11H2,1H3. The van der Waals surface area contributed by atoms with Gasteiger partial charge in [-0.1, -0.05) is 30.3 Å². The van der Waals surface area contributed by atoms with E-state index in [1.54, 1.807) is 6.07 Å². The van der Waals surface area contributed by atoms with Crippen LogP contribution in [0, 0.1) is 12.7 Å². The first-order valence-corrected chi connectivity index (χ1v) is 7.21. The zero-order chi connectivity index (χ0) is 14.8. The third kappa shape index (κ3) is 3.03. The molecule has 2 aromatic carbocycles. The summed E-state index contributed by atoms with van der Waals surface area (Å²) in [6.07, 6.45) is 1.08. The van der Waals surface area contributed by atoms with Gasteiger partial charge in [-0.15, -0.1) is 0 Å². The molecule has 1 unspecified atom stereocenters. The molecule has 0 bridgehead atoms. The molecule has 108 valence electrons. The van der Waals surface area contributed by atoms with Gasteiger partial charge in [0, 0.05) is 13.0 Å². The third-order valence-corrected chi connectivity index (χ3v) is 4.14. The van der Waals surface area contributed by atoms with Crippen LogP contribution in [-0.2, 0) is 24.2 Å². The lowest BCUT2D eigenvalue weighted by atomic mass is 9.91. The molecule has 3 rings (SSSR count). The molecule has 1 heterocycles. The van der Waals surface area contributed by atoms with Crippen LogP contribution in [0.3, 0.4) is 0 Å². The number of rotatable bonds is 3. The zero-order valence-corrected chi connectivity index (χ0v) is 12.0. The van der Waals surface area contributed by atoms with Crippen molar-refractivity contribution in [3.8, 4) is 0 Å². The topological polar surface area (TPSA) is 29.1 Å². The summed E-state index contributed by atoms with van der Waals surface area (Å²) in [5, 5.41) is 3.30. The van der Waals surface area contributed by atoms with E-state index in [1.807, 2.05) is 19.1 Å². The van der Waals surface area contributed by atoms with Gasteiger partial charge in [-0.05, 0) is 47.7 Å². The number of ketones is 1. The second kappa shape index (κ2) is 5.78. The van der Waals surface area contributed by atoms with Gasteiger partial charge in [-0.25, -0.2) is 4.39 Å². The molecule has 2 nitrogen and oxygen atoms in total. The van der Waals surface area contributed by atoms with Gasteiger partial charge in [0.1, 0.15) is 5.82 Å². The van der Waals surface area contributed by atoms with Crippen molar-refractivity contribution in [2.24, 2.45) is 0 Å². The van der Waals surface area contributed by atoms with Gasteiger partial charge in [0.2, 0.25) is 0 Å². The minimum Gasteiger partial charge on any atom is -0.303 e. The number of nitrogens with one attached hydrogen (secondary N) is 1. The lowest BCUT2D eigenvalue weighted by Crippen LogP contribution is -2.42. The summed E-state index contributed by atoms with van der Waals surface area (Å²) in [5.74, 6) is -0.0902. The Labute approximate surface area is 124 Å². The van der Waals surface area contributed by atoms with Gasteiger partial charge in [0.25, 0.3) is 0 Å². The molecule has 1 N–H and O–H groups in total. The summed E-state index contributed by atoms with van der Waals surface area (Å²) in [7, 11) is 0. The van der Waals surface area contributed by atoms with E-state index in [0.717, 1.165) is 24.1 Å². The van der Waals surface area contributed by atoms with Crippen LogP contribution < -0.4 is 5.32 Å². The van der Waals surface area contributed by atoms with Crippen LogP contribution in [0.25, 0.3) is 0 Å². The lowest BCUT2D eigenvalue weighted by Gasteiger charge is -2.25. The van der Waals surface area contributed by atoms with Crippen molar-refractivity contribution < 1.29 is 9.18 Å². The molecule has 1 aliphatic heterocycles. The number of fused-ring (bicyclic) bond motifs is 1. The lowest BCUT2D eigenvalue weighted by molar-refractivity contribution is -0.120. The van der Waals surface area contributed by atoms with E-state index in [2.05, 4.69) is 17.4 Å². The first kappa shape index (κ1) is 14.0. The smallest absolute Gasteiger partial charge is 0.154 e. The normalized spacial score (nSPS) is 17.3. The minimum absolute atomic E-state index is 0.149. The number of hydrogen-bond acceptors (Lipinski definition) is 2. The van der Waals surface area contributed by atoms with Crippen molar-refractivity contribution >= 4 is 5.78 Å². The molecule has 0 aromatic heterocycles. The average Bonchev–Trinajstić information content (AvgIpc) is 2.49. The highest BCUT2D eigenvalue weighted by Gasteiger charge is 2.24. The third-order valence-electron chi connectivity index (χ3n) is 4.14. The van der Waals surface area contributed by atoms with Gasteiger partial charge < -0.3 is 5.32 Å². The maximum atomic E-state index is 13.1. The van der Waals surface area contributed by atoms with Crippen molar-refractivity contribution in [1.82, 2.24) is 5.32 Å². The summed E-state index contributed by atoms with van der Waals surface area (Å²) in [6, 6.07) is 12.7. The molecule has 21 heavy (non-hydrogen) atoms. The summed E-state index contributed by atoms with van der Waals surface area (Å²) in [4.78, 5) is 12.5. The maximum absolute atomic E-state index is 13.1. The molecule has 1 atom stereocenters. The summed E-state index contributed by atoms with van der Waals surface area (Å²) in [5.41, 5.74) is 4.24. The number of carbonyl (C=O) groups is 1. The molecule has 2 aromatic rings. The van der Waals surface area contributed by atoms with Crippen molar-refractivity contribution in [3.05, 3.63) is 70.5 Å². The molecule has 0 amide bonds. The van der Waals surface area contributed by atoms with Gasteiger partial charge in [-0.2, -0.15) is 0 Å². The van der Waals surface area contributed by atoms with Crippen molar-refractivity contribution in [2.45, 2.75) is 32.4 Å². The van der Waals surface area contributed by atoms with Gasteiger partial charge in [0.05, 0.1) is 6.04 Å². The second-order valence-corrected chi connectivity index (χ2v) is 5.62. The SMILES string of the molecule is Cc1cc(F)ccc1CC(=O)C1Cc2ccccc2CN1. The molecule has 3 heteroatoms. The van der Waals surface area contributed by atoms with Gasteiger partial charge >= 0.3 is 0 Å². The zero-order valence-electron chi connectivity index (χ0n) is 12.0. The number of carbonyl (C=O) groups excluding carboxylic acids is 1. The Balaban J connectivity index is 1.72. The van der Waals surface area contributed by atoms with E-state index in [1.165, 1.54) is 23.3 Å². The second-order valence-electron chi connectivity index (χ2n) is 5.62. The summed E-state index contributed by atoms with van der Waals surface area (Å²) < 4.78 is 13.1. The monoisotopic (exact) mass is 283 g/mol. The Morgan fingerprint density at radius 1 is 1.24 bits per heavy atom. The fraction of sp³-hybridized carbons (Fsp3) is 0.278. The molecule has 0 aliphatic carbocycles. The van der Waals surface area contributed by atoms with E-state index in [4.69, 9.17) is 0 Å². The quantitative estimate of drug-likeness (QED) is 0.938. The van der Waals surface area contributed by atoms with Crippen molar-refractivity contribution in [1.29, 1.82) is 0 Å². The van der Waals surface area contributed by atoms with Gasteiger partial charge in [-0.3, -0.25) is 4.79 Å². The van der Waals surface area contributed by atoms with Crippen molar-refractivity contribution in [2.75, 3.05) is 0 Å².